The van der Waals surface area contributed by atoms with Gasteiger partial charge in [0, 0.05) is 52.1 Å². The van der Waals surface area contributed by atoms with Gasteiger partial charge in [0.25, 0.3) is 0 Å². The van der Waals surface area contributed by atoms with E-state index in [4.69, 9.17) is 0 Å². The molecule has 2 amide bonds. The van der Waals surface area contributed by atoms with Gasteiger partial charge in [-0.1, -0.05) is 0 Å². The summed E-state index contributed by atoms with van der Waals surface area (Å²) in [7, 11) is 0. The zero-order valence-corrected chi connectivity index (χ0v) is 14.9. The summed E-state index contributed by atoms with van der Waals surface area (Å²) in [6.07, 6.45) is 3.09. The molecule has 2 aliphatic rings. The number of hydrogen-bond acceptors (Lipinski definition) is 6. The quantitative estimate of drug-likeness (QED) is 0.690. The van der Waals surface area contributed by atoms with E-state index in [-0.39, 0.29) is 11.8 Å². The van der Waals surface area contributed by atoms with Crippen molar-refractivity contribution in [2.75, 3.05) is 45.8 Å². The lowest BCUT2D eigenvalue weighted by atomic mass is 10.3. The first-order valence-electron chi connectivity index (χ1n) is 9.14. The fourth-order valence-corrected chi connectivity index (χ4v) is 3.46. The highest BCUT2D eigenvalue weighted by Gasteiger charge is 2.22. The number of likely N-dealkylation sites (tertiary alicyclic amines) is 1. The van der Waals surface area contributed by atoms with E-state index in [0.717, 1.165) is 64.5 Å². The van der Waals surface area contributed by atoms with Crippen molar-refractivity contribution >= 4 is 11.8 Å². The third-order valence-corrected chi connectivity index (χ3v) is 5.05. The summed E-state index contributed by atoms with van der Waals surface area (Å²) < 4.78 is 1.66. The van der Waals surface area contributed by atoms with E-state index >= 15 is 0 Å². The zero-order chi connectivity index (χ0) is 17.6. The van der Waals surface area contributed by atoms with Gasteiger partial charge in [0.2, 0.25) is 11.8 Å². The molecule has 1 aromatic rings. The molecule has 0 saturated carbocycles. The maximum absolute atomic E-state index is 12.4. The summed E-state index contributed by atoms with van der Waals surface area (Å²) in [6, 6.07) is 0. The van der Waals surface area contributed by atoms with Crippen LogP contribution >= 0.6 is 0 Å². The first-order valence-corrected chi connectivity index (χ1v) is 9.14. The number of amides is 2. The fourth-order valence-electron chi connectivity index (χ4n) is 3.46. The van der Waals surface area contributed by atoms with Crippen molar-refractivity contribution in [2.24, 2.45) is 0 Å². The van der Waals surface area contributed by atoms with E-state index < -0.39 is 0 Å². The lowest BCUT2D eigenvalue weighted by Gasteiger charge is -2.24. The van der Waals surface area contributed by atoms with Crippen molar-refractivity contribution in [1.82, 2.24) is 34.9 Å². The first kappa shape index (κ1) is 17.8. The molecule has 25 heavy (non-hydrogen) atoms. The fraction of sp³-hybridized carbons (Fsp3) is 0.812. The average molecular weight is 349 g/mol. The van der Waals surface area contributed by atoms with Crippen molar-refractivity contribution < 1.29 is 9.59 Å². The number of carbonyl (C=O) groups excluding carboxylic acids is 2. The van der Waals surface area contributed by atoms with Crippen molar-refractivity contribution in [1.29, 1.82) is 0 Å². The van der Waals surface area contributed by atoms with Gasteiger partial charge >= 0.3 is 0 Å². The molecule has 0 unspecified atom stereocenters. The van der Waals surface area contributed by atoms with Gasteiger partial charge in [-0.3, -0.25) is 14.5 Å². The minimum Gasteiger partial charge on any atom is -0.341 e. The highest BCUT2D eigenvalue weighted by atomic mass is 16.2. The van der Waals surface area contributed by atoms with E-state index in [2.05, 4.69) is 20.4 Å². The van der Waals surface area contributed by atoms with Crippen LogP contribution in [-0.4, -0.2) is 92.5 Å². The molecule has 0 spiro atoms. The van der Waals surface area contributed by atoms with Crippen LogP contribution in [0.4, 0.5) is 0 Å². The minimum atomic E-state index is 0.159. The van der Waals surface area contributed by atoms with Crippen molar-refractivity contribution in [3.8, 4) is 0 Å². The van der Waals surface area contributed by atoms with Gasteiger partial charge in [-0.25, -0.2) is 4.68 Å². The molecule has 0 radical (unpaired) electrons. The Kier molecular flexibility index (Phi) is 5.95. The van der Waals surface area contributed by atoms with Crippen LogP contribution in [0.15, 0.2) is 0 Å². The van der Waals surface area contributed by atoms with Crippen molar-refractivity contribution in [3.05, 3.63) is 5.82 Å². The predicted molar refractivity (Wildman–Crippen MR) is 90.6 cm³/mol. The number of aromatic nitrogens is 4. The van der Waals surface area contributed by atoms with E-state index in [1.165, 1.54) is 0 Å². The molecule has 2 fully saturated rings. The summed E-state index contributed by atoms with van der Waals surface area (Å²) in [5.41, 5.74) is 0. The molecule has 138 valence electrons. The summed E-state index contributed by atoms with van der Waals surface area (Å²) >= 11 is 0. The average Bonchev–Trinajstić information content (AvgIpc) is 3.12. The Morgan fingerprint density at radius 1 is 1.04 bits per heavy atom. The largest absolute Gasteiger partial charge is 0.341 e. The number of tetrazole rings is 1. The Balaban J connectivity index is 1.40. The van der Waals surface area contributed by atoms with Crippen LogP contribution in [0.2, 0.25) is 0 Å². The van der Waals surface area contributed by atoms with Crippen LogP contribution in [-0.2, 0) is 16.1 Å². The number of carbonyl (C=O) groups is 2. The molecule has 3 heterocycles. The Morgan fingerprint density at radius 3 is 2.64 bits per heavy atom. The molecule has 2 saturated heterocycles. The third-order valence-electron chi connectivity index (χ3n) is 5.05. The predicted octanol–water partition coefficient (Wildman–Crippen LogP) is -0.472. The molecule has 1 aromatic heterocycles. The normalized spacial score (nSPS) is 19.5. The summed E-state index contributed by atoms with van der Waals surface area (Å²) in [5, 5.41) is 11.3. The summed E-state index contributed by atoms with van der Waals surface area (Å²) in [4.78, 5) is 30.4. The van der Waals surface area contributed by atoms with Gasteiger partial charge < -0.3 is 9.80 Å². The van der Waals surface area contributed by atoms with Gasteiger partial charge in [0.1, 0.15) is 5.82 Å². The highest BCUT2D eigenvalue weighted by molar-refractivity contribution is 5.78. The van der Waals surface area contributed by atoms with Crippen molar-refractivity contribution in [3.63, 3.8) is 0 Å². The second kappa shape index (κ2) is 8.37. The summed E-state index contributed by atoms with van der Waals surface area (Å²) in [6.45, 7) is 8.37. The first-order chi connectivity index (χ1) is 12.1. The van der Waals surface area contributed by atoms with Gasteiger partial charge in [0.15, 0.2) is 0 Å². The number of nitrogens with zero attached hydrogens (tertiary/aromatic N) is 7. The van der Waals surface area contributed by atoms with Crippen LogP contribution in [0, 0.1) is 6.92 Å². The summed E-state index contributed by atoms with van der Waals surface area (Å²) in [5.74, 6) is 1.17. The molecule has 0 atom stereocenters. The molecular formula is C16H27N7O2. The van der Waals surface area contributed by atoms with E-state index in [9.17, 15) is 9.59 Å². The minimum absolute atomic E-state index is 0.159. The molecular weight excluding hydrogens is 322 g/mol. The molecule has 3 rings (SSSR count). The lowest BCUT2D eigenvalue weighted by Crippen LogP contribution is -2.39. The Labute approximate surface area is 147 Å². The van der Waals surface area contributed by atoms with E-state index in [1.807, 2.05) is 16.7 Å². The zero-order valence-electron chi connectivity index (χ0n) is 14.9. The standard InChI is InChI=1S/C16H27N7O2/c1-14-17-18-19-23(14)9-5-16(25)22-8-3-6-20(11-13-22)10-12-21-7-2-4-15(21)24/h2-13H2,1H3. The SMILES string of the molecule is Cc1nnnn1CCC(=O)N1CCCN(CCN2CCCC2=O)CC1. The van der Waals surface area contributed by atoms with Crippen LogP contribution in [0.5, 0.6) is 0 Å². The maximum Gasteiger partial charge on any atom is 0.224 e. The number of hydrogen-bond donors (Lipinski definition) is 0. The Hall–Kier alpha value is -2.03. The highest BCUT2D eigenvalue weighted by Crippen LogP contribution is 2.10. The second-order valence-corrected chi connectivity index (χ2v) is 6.76. The van der Waals surface area contributed by atoms with Crippen LogP contribution in [0.3, 0.4) is 0 Å². The molecule has 0 aliphatic carbocycles. The number of rotatable bonds is 6. The second-order valence-electron chi connectivity index (χ2n) is 6.76. The number of aryl methyl sites for hydroxylation is 2. The van der Waals surface area contributed by atoms with Gasteiger partial charge in [0.05, 0.1) is 6.54 Å². The molecule has 9 nitrogen and oxygen atoms in total. The van der Waals surface area contributed by atoms with Crippen LogP contribution in [0.25, 0.3) is 0 Å². The van der Waals surface area contributed by atoms with Gasteiger partial charge in [-0.05, 0) is 36.7 Å². The Bertz CT molecular complexity index is 603. The smallest absolute Gasteiger partial charge is 0.224 e. The third kappa shape index (κ3) is 4.75. The lowest BCUT2D eigenvalue weighted by molar-refractivity contribution is -0.131. The maximum atomic E-state index is 12.4. The van der Waals surface area contributed by atoms with E-state index in [1.54, 1.807) is 4.68 Å². The van der Waals surface area contributed by atoms with Gasteiger partial charge in [-0.15, -0.1) is 5.10 Å². The van der Waals surface area contributed by atoms with E-state index in [0.29, 0.717) is 19.4 Å². The Morgan fingerprint density at radius 2 is 1.92 bits per heavy atom. The molecule has 2 aliphatic heterocycles. The topological polar surface area (TPSA) is 87.5 Å². The monoisotopic (exact) mass is 349 g/mol. The molecule has 0 aromatic carbocycles. The van der Waals surface area contributed by atoms with Crippen molar-refractivity contribution in [2.45, 2.75) is 39.2 Å². The molecule has 0 bridgehead atoms. The van der Waals surface area contributed by atoms with Crippen LogP contribution < -0.4 is 0 Å². The molecule has 9 heteroatoms. The molecule has 0 N–H and O–H groups in total. The van der Waals surface area contributed by atoms with Crippen LogP contribution in [0.1, 0.15) is 31.5 Å². The van der Waals surface area contributed by atoms with Gasteiger partial charge in [-0.2, -0.15) is 0 Å².